The lowest BCUT2D eigenvalue weighted by Crippen LogP contribution is -2.13. The number of benzene rings is 1. The van der Waals surface area contributed by atoms with Gasteiger partial charge in [-0.1, -0.05) is 62.9 Å². The van der Waals surface area contributed by atoms with Crippen LogP contribution >= 0.6 is 0 Å². The molecule has 0 nitrogen and oxygen atoms in total. The largest absolute Gasteiger partial charge is 0.216 e. The Kier molecular flexibility index (Phi) is 7.70. The van der Waals surface area contributed by atoms with Crippen LogP contribution < -0.4 is 0 Å². The fraction of sp³-hybridized carbons (Fsp3) is 0.619. The summed E-state index contributed by atoms with van der Waals surface area (Å²) < 4.78 is 12.0. The molecule has 0 amide bonds. The fourth-order valence-electron chi connectivity index (χ4n) is 3.74. The number of halogens is 1. The molecule has 1 aromatic carbocycles. The van der Waals surface area contributed by atoms with Crippen LogP contribution in [0.1, 0.15) is 81.8 Å². The van der Waals surface area contributed by atoms with E-state index in [-0.39, 0.29) is 0 Å². The van der Waals surface area contributed by atoms with Crippen molar-refractivity contribution >= 4 is 0 Å². The maximum Gasteiger partial charge on any atom is 0.0827 e. The first kappa shape index (κ1) is 17.2. The van der Waals surface area contributed by atoms with E-state index in [4.69, 9.17) is 0 Å². The zero-order valence-electron chi connectivity index (χ0n) is 14.1. The van der Waals surface area contributed by atoms with Crippen LogP contribution in [0.5, 0.6) is 0 Å². The van der Waals surface area contributed by atoms with Crippen molar-refractivity contribution in [3.05, 3.63) is 47.8 Å². The zero-order chi connectivity index (χ0) is 15.6. The van der Waals surface area contributed by atoms with E-state index in [1.54, 1.807) is 6.08 Å². The smallest absolute Gasteiger partial charge is 0.0827 e. The Bertz CT molecular complexity index is 424. The molecule has 0 heterocycles. The molecule has 0 unspecified atom stereocenters. The monoisotopic (exact) mass is 302 g/mol. The Morgan fingerprint density at radius 2 is 1.77 bits per heavy atom. The molecule has 1 fully saturated rings. The van der Waals surface area contributed by atoms with Crippen molar-refractivity contribution in [3.63, 3.8) is 0 Å². The SMILES string of the molecule is CCCCC[C@H]1CC[C@H](c2ccc(CCC=CF)cc2)CC1. The summed E-state index contributed by atoms with van der Waals surface area (Å²) >= 11 is 0. The maximum atomic E-state index is 12.0. The van der Waals surface area contributed by atoms with Crippen LogP contribution in [0.3, 0.4) is 0 Å². The van der Waals surface area contributed by atoms with E-state index >= 15 is 0 Å². The van der Waals surface area contributed by atoms with Crippen LogP contribution in [0.15, 0.2) is 36.7 Å². The molecule has 2 rings (SSSR count). The second-order valence-corrected chi connectivity index (χ2v) is 6.86. The van der Waals surface area contributed by atoms with Crippen molar-refractivity contribution in [1.82, 2.24) is 0 Å². The lowest BCUT2D eigenvalue weighted by atomic mass is 9.77. The van der Waals surface area contributed by atoms with Gasteiger partial charge in [0.05, 0.1) is 6.33 Å². The Morgan fingerprint density at radius 3 is 2.41 bits per heavy atom. The summed E-state index contributed by atoms with van der Waals surface area (Å²) in [4.78, 5) is 0. The van der Waals surface area contributed by atoms with Crippen molar-refractivity contribution in [2.75, 3.05) is 0 Å². The van der Waals surface area contributed by atoms with Crippen molar-refractivity contribution in [1.29, 1.82) is 0 Å². The van der Waals surface area contributed by atoms with Crippen molar-refractivity contribution in [3.8, 4) is 0 Å². The molecule has 0 aromatic heterocycles. The number of allylic oxidation sites excluding steroid dienone is 1. The predicted octanol–water partition coefficient (Wildman–Crippen LogP) is 6.96. The van der Waals surface area contributed by atoms with E-state index in [2.05, 4.69) is 31.2 Å². The summed E-state index contributed by atoms with van der Waals surface area (Å²) in [5, 5.41) is 0. The van der Waals surface area contributed by atoms with Crippen LogP contribution in [-0.2, 0) is 6.42 Å². The molecule has 1 saturated carbocycles. The topological polar surface area (TPSA) is 0 Å². The molecule has 0 N–H and O–H groups in total. The summed E-state index contributed by atoms with van der Waals surface area (Å²) in [7, 11) is 0. The van der Waals surface area contributed by atoms with E-state index in [1.165, 1.54) is 62.5 Å². The summed E-state index contributed by atoms with van der Waals surface area (Å²) in [6, 6.07) is 9.07. The minimum atomic E-state index is 0.646. The Hall–Kier alpha value is -1.11. The molecule has 0 saturated heterocycles. The lowest BCUT2D eigenvalue weighted by molar-refractivity contribution is 0.303. The molecule has 1 heteroatoms. The van der Waals surface area contributed by atoms with Gasteiger partial charge in [0, 0.05) is 0 Å². The first-order valence-corrected chi connectivity index (χ1v) is 9.17. The lowest BCUT2D eigenvalue weighted by Gasteiger charge is -2.29. The van der Waals surface area contributed by atoms with E-state index in [9.17, 15) is 4.39 Å². The van der Waals surface area contributed by atoms with Gasteiger partial charge < -0.3 is 0 Å². The molecule has 1 aliphatic carbocycles. The van der Waals surface area contributed by atoms with Crippen molar-refractivity contribution in [2.24, 2.45) is 5.92 Å². The number of unbranched alkanes of at least 4 members (excludes halogenated alkanes) is 2. The van der Waals surface area contributed by atoms with Crippen LogP contribution in [-0.4, -0.2) is 0 Å². The summed E-state index contributed by atoms with van der Waals surface area (Å²) in [5.74, 6) is 1.75. The van der Waals surface area contributed by atoms with Crippen LogP contribution in [0.25, 0.3) is 0 Å². The minimum absolute atomic E-state index is 0.646. The standard InChI is InChI=1S/C21H31F/c1-2-3-4-7-18-9-13-20(14-10-18)21-15-11-19(12-16-21)8-5-6-17-22/h6,11-12,15-18,20H,2-5,7-10,13-14H2,1H3/t18-,20-. The second-order valence-electron chi connectivity index (χ2n) is 6.86. The number of hydrogen-bond acceptors (Lipinski definition) is 0. The Balaban J connectivity index is 1.76. The van der Waals surface area contributed by atoms with Crippen molar-refractivity contribution < 1.29 is 4.39 Å². The predicted molar refractivity (Wildman–Crippen MR) is 93.9 cm³/mol. The third-order valence-corrected chi connectivity index (χ3v) is 5.20. The molecule has 1 aliphatic rings. The number of hydrogen-bond donors (Lipinski definition) is 0. The van der Waals surface area contributed by atoms with Gasteiger partial charge in [0.2, 0.25) is 0 Å². The normalized spacial score (nSPS) is 22.3. The molecule has 0 radical (unpaired) electrons. The average molecular weight is 302 g/mol. The molecule has 0 atom stereocenters. The highest BCUT2D eigenvalue weighted by molar-refractivity contribution is 5.26. The number of aryl methyl sites for hydroxylation is 1. The minimum Gasteiger partial charge on any atom is -0.216 e. The van der Waals surface area contributed by atoms with E-state index in [1.807, 2.05) is 0 Å². The average Bonchev–Trinajstić information content (AvgIpc) is 2.57. The Morgan fingerprint density at radius 1 is 1.05 bits per heavy atom. The van der Waals surface area contributed by atoms with Gasteiger partial charge >= 0.3 is 0 Å². The fourth-order valence-corrected chi connectivity index (χ4v) is 3.74. The molecule has 0 aliphatic heterocycles. The van der Waals surface area contributed by atoms with Gasteiger partial charge in [-0.2, -0.15) is 0 Å². The molecular weight excluding hydrogens is 271 g/mol. The van der Waals surface area contributed by atoms with Crippen LogP contribution in [0.2, 0.25) is 0 Å². The van der Waals surface area contributed by atoms with E-state index in [0.29, 0.717) is 6.33 Å². The first-order valence-electron chi connectivity index (χ1n) is 9.17. The summed E-state index contributed by atoms with van der Waals surface area (Å²) in [6.45, 7) is 2.29. The zero-order valence-corrected chi connectivity index (χ0v) is 14.1. The van der Waals surface area contributed by atoms with Gasteiger partial charge in [-0.05, 0) is 61.5 Å². The van der Waals surface area contributed by atoms with E-state index in [0.717, 1.165) is 24.7 Å². The molecule has 122 valence electrons. The van der Waals surface area contributed by atoms with Gasteiger partial charge in [-0.25, -0.2) is 4.39 Å². The molecule has 0 bridgehead atoms. The molecular formula is C21H31F. The van der Waals surface area contributed by atoms with E-state index < -0.39 is 0 Å². The quantitative estimate of drug-likeness (QED) is 0.455. The Labute approximate surface area is 135 Å². The van der Waals surface area contributed by atoms with Crippen LogP contribution in [0, 0.1) is 5.92 Å². The highest BCUT2D eigenvalue weighted by Crippen LogP contribution is 2.37. The third-order valence-electron chi connectivity index (χ3n) is 5.20. The number of rotatable bonds is 8. The summed E-state index contributed by atoms with van der Waals surface area (Å²) in [6.07, 6.45) is 15.1. The van der Waals surface area contributed by atoms with Gasteiger partial charge in [0.25, 0.3) is 0 Å². The van der Waals surface area contributed by atoms with Gasteiger partial charge in [-0.15, -0.1) is 0 Å². The van der Waals surface area contributed by atoms with Gasteiger partial charge in [0.1, 0.15) is 0 Å². The van der Waals surface area contributed by atoms with Crippen LogP contribution in [0.4, 0.5) is 4.39 Å². The second kappa shape index (κ2) is 9.82. The molecule has 0 spiro atoms. The molecule has 1 aromatic rings. The first-order chi connectivity index (χ1) is 10.8. The highest BCUT2D eigenvalue weighted by Gasteiger charge is 2.21. The van der Waals surface area contributed by atoms with Gasteiger partial charge in [0.15, 0.2) is 0 Å². The van der Waals surface area contributed by atoms with Gasteiger partial charge in [-0.3, -0.25) is 0 Å². The van der Waals surface area contributed by atoms with Crippen molar-refractivity contribution in [2.45, 2.75) is 77.0 Å². The summed E-state index contributed by atoms with van der Waals surface area (Å²) in [5.41, 5.74) is 2.83. The maximum absolute atomic E-state index is 12.0. The highest BCUT2D eigenvalue weighted by atomic mass is 19.1. The molecule has 22 heavy (non-hydrogen) atoms. The third kappa shape index (κ3) is 5.59.